The first-order chi connectivity index (χ1) is 10.3. The van der Waals surface area contributed by atoms with Crippen LogP contribution in [0, 0.1) is 14.9 Å². The summed E-state index contributed by atoms with van der Waals surface area (Å²) in [6.45, 7) is 0. The van der Waals surface area contributed by atoms with Crippen molar-refractivity contribution in [2.75, 3.05) is 0 Å². The average Bonchev–Trinajstić information content (AvgIpc) is 2.43. The molecule has 0 aromatic heterocycles. The maximum Gasteiger partial charge on any atom is 0.416 e. The molecule has 0 saturated heterocycles. The summed E-state index contributed by atoms with van der Waals surface area (Å²) in [6, 6.07) is 10.4. The predicted molar refractivity (Wildman–Crippen MR) is 87.7 cm³/mol. The van der Waals surface area contributed by atoms with Crippen molar-refractivity contribution in [1.82, 2.24) is 0 Å². The van der Waals surface area contributed by atoms with E-state index in [9.17, 15) is 13.2 Å². The Morgan fingerprint density at radius 2 is 1.95 bits per heavy atom. The van der Waals surface area contributed by atoms with Gasteiger partial charge in [-0.1, -0.05) is 6.07 Å². The first-order valence-corrected chi connectivity index (χ1v) is 7.88. The quantitative estimate of drug-likeness (QED) is 0.509. The number of benzene rings is 2. The summed E-state index contributed by atoms with van der Waals surface area (Å²) in [7, 11) is 0. The SMILES string of the molecule is N#CCc1cc(Oc2cccc(Br)c2I)cc(C(F)(F)F)c1. The highest BCUT2D eigenvalue weighted by molar-refractivity contribution is 14.1. The van der Waals surface area contributed by atoms with Gasteiger partial charge in [-0.25, -0.2) is 0 Å². The zero-order valence-corrected chi connectivity index (χ0v) is 14.7. The molecule has 7 heteroatoms. The number of rotatable bonds is 3. The van der Waals surface area contributed by atoms with E-state index in [0.717, 1.165) is 20.2 Å². The molecule has 0 unspecified atom stereocenters. The van der Waals surface area contributed by atoms with E-state index >= 15 is 0 Å². The molecule has 2 aromatic carbocycles. The van der Waals surface area contributed by atoms with Crippen molar-refractivity contribution in [1.29, 1.82) is 5.26 Å². The van der Waals surface area contributed by atoms with E-state index in [-0.39, 0.29) is 17.7 Å². The standard InChI is InChI=1S/C15H8BrF3INO/c16-12-2-1-3-13(14(12)20)22-11-7-9(4-5-21)6-10(8-11)15(17,18)19/h1-3,6-8H,4H2. The fourth-order valence-corrected chi connectivity index (χ4v) is 2.58. The minimum atomic E-state index is -4.49. The molecule has 2 aromatic rings. The molecule has 0 bridgehead atoms. The topological polar surface area (TPSA) is 33.0 Å². The molecule has 2 nitrogen and oxygen atoms in total. The lowest BCUT2D eigenvalue weighted by molar-refractivity contribution is -0.137. The Morgan fingerprint density at radius 3 is 2.59 bits per heavy atom. The molecule has 0 fully saturated rings. The van der Waals surface area contributed by atoms with E-state index in [1.54, 1.807) is 12.1 Å². The second kappa shape index (κ2) is 6.87. The predicted octanol–water partition coefficient (Wildman–Crippen LogP) is 5.93. The second-order valence-electron chi connectivity index (χ2n) is 4.35. The van der Waals surface area contributed by atoms with Crippen LogP contribution in [0.15, 0.2) is 40.9 Å². The zero-order chi connectivity index (χ0) is 16.3. The Morgan fingerprint density at radius 1 is 1.23 bits per heavy atom. The van der Waals surface area contributed by atoms with Gasteiger partial charge in [-0.05, 0) is 74.4 Å². The molecule has 114 valence electrons. The summed E-state index contributed by atoms with van der Waals surface area (Å²) < 4.78 is 45.9. The fourth-order valence-electron chi connectivity index (χ4n) is 1.77. The third-order valence-electron chi connectivity index (χ3n) is 2.72. The summed E-state index contributed by atoms with van der Waals surface area (Å²) in [5, 5.41) is 8.70. The summed E-state index contributed by atoms with van der Waals surface area (Å²) in [4.78, 5) is 0. The molecular weight excluding hydrogens is 474 g/mol. The normalized spacial score (nSPS) is 11.1. The first-order valence-electron chi connectivity index (χ1n) is 6.01. The second-order valence-corrected chi connectivity index (χ2v) is 6.29. The molecule has 0 N–H and O–H groups in total. The van der Waals surface area contributed by atoms with Crippen LogP contribution in [0.3, 0.4) is 0 Å². The lowest BCUT2D eigenvalue weighted by atomic mass is 10.1. The smallest absolute Gasteiger partial charge is 0.416 e. The van der Waals surface area contributed by atoms with Crippen molar-refractivity contribution in [3.8, 4) is 17.6 Å². The Hall–Kier alpha value is -1.27. The van der Waals surface area contributed by atoms with Gasteiger partial charge in [0.25, 0.3) is 0 Å². The van der Waals surface area contributed by atoms with Crippen LogP contribution in [0.25, 0.3) is 0 Å². The highest BCUT2D eigenvalue weighted by atomic mass is 127. The van der Waals surface area contributed by atoms with Gasteiger partial charge in [0.1, 0.15) is 11.5 Å². The highest BCUT2D eigenvalue weighted by Crippen LogP contribution is 2.36. The molecule has 0 saturated carbocycles. The highest BCUT2D eigenvalue weighted by Gasteiger charge is 2.31. The van der Waals surface area contributed by atoms with E-state index in [2.05, 4.69) is 15.9 Å². The van der Waals surface area contributed by atoms with E-state index < -0.39 is 11.7 Å². The van der Waals surface area contributed by atoms with Crippen LogP contribution >= 0.6 is 38.5 Å². The van der Waals surface area contributed by atoms with Crippen molar-refractivity contribution < 1.29 is 17.9 Å². The van der Waals surface area contributed by atoms with Crippen molar-refractivity contribution in [2.45, 2.75) is 12.6 Å². The molecule has 0 aliphatic rings. The van der Waals surface area contributed by atoms with E-state index in [1.165, 1.54) is 6.07 Å². The third kappa shape index (κ3) is 4.14. The number of nitrogens with zero attached hydrogens (tertiary/aromatic N) is 1. The fraction of sp³-hybridized carbons (Fsp3) is 0.133. The number of hydrogen-bond donors (Lipinski definition) is 0. The summed E-state index contributed by atoms with van der Waals surface area (Å²) >= 11 is 5.37. The Bertz CT molecular complexity index is 741. The van der Waals surface area contributed by atoms with Gasteiger partial charge in [0.15, 0.2) is 0 Å². The molecule has 0 amide bonds. The van der Waals surface area contributed by atoms with Crippen LogP contribution < -0.4 is 4.74 Å². The van der Waals surface area contributed by atoms with Crippen LogP contribution in [-0.2, 0) is 12.6 Å². The molecule has 0 atom stereocenters. The largest absolute Gasteiger partial charge is 0.456 e. The van der Waals surface area contributed by atoms with Crippen molar-refractivity contribution in [3.05, 3.63) is 55.6 Å². The van der Waals surface area contributed by atoms with Gasteiger partial charge < -0.3 is 4.74 Å². The number of ether oxygens (including phenoxy) is 1. The van der Waals surface area contributed by atoms with E-state index in [0.29, 0.717) is 5.75 Å². The van der Waals surface area contributed by atoms with Crippen LogP contribution in [0.4, 0.5) is 13.2 Å². The summed E-state index contributed by atoms with van der Waals surface area (Å²) in [5.74, 6) is 0.494. The van der Waals surface area contributed by atoms with Crippen molar-refractivity contribution >= 4 is 38.5 Å². The lowest BCUT2D eigenvalue weighted by Gasteiger charge is -2.13. The van der Waals surface area contributed by atoms with Gasteiger partial charge in [0.05, 0.1) is 21.6 Å². The Kier molecular flexibility index (Phi) is 5.34. The molecule has 0 aliphatic heterocycles. The minimum Gasteiger partial charge on any atom is -0.456 e. The number of hydrogen-bond acceptors (Lipinski definition) is 2. The van der Waals surface area contributed by atoms with Crippen LogP contribution in [0.2, 0.25) is 0 Å². The van der Waals surface area contributed by atoms with E-state index in [1.807, 2.05) is 34.7 Å². The number of halogens is 5. The lowest BCUT2D eigenvalue weighted by Crippen LogP contribution is -2.06. The van der Waals surface area contributed by atoms with E-state index in [4.69, 9.17) is 10.00 Å². The Balaban J connectivity index is 2.44. The van der Waals surface area contributed by atoms with Gasteiger partial charge in [-0.2, -0.15) is 18.4 Å². The van der Waals surface area contributed by atoms with Crippen LogP contribution in [0.5, 0.6) is 11.5 Å². The van der Waals surface area contributed by atoms with Gasteiger partial charge in [-0.3, -0.25) is 0 Å². The number of alkyl halides is 3. The van der Waals surface area contributed by atoms with Crippen molar-refractivity contribution in [3.63, 3.8) is 0 Å². The van der Waals surface area contributed by atoms with Crippen LogP contribution in [-0.4, -0.2) is 0 Å². The first kappa shape index (κ1) is 17.1. The maximum absolute atomic E-state index is 12.9. The van der Waals surface area contributed by atoms with Crippen LogP contribution in [0.1, 0.15) is 11.1 Å². The molecule has 22 heavy (non-hydrogen) atoms. The zero-order valence-electron chi connectivity index (χ0n) is 10.9. The third-order valence-corrected chi connectivity index (χ3v) is 5.24. The molecule has 0 radical (unpaired) electrons. The maximum atomic E-state index is 12.9. The molecular formula is C15H8BrF3INO. The minimum absolute atomic E-state index is 0.0519. The van der Waals surface area contributed by atoms with Gasteiger partial charge in [-0.15, -0.1) is 0 Å². The molecule has 2 rings (SSSR count). The summed E-state index contributed by atoms with van der Waals surface area (Å²) in [5.41, 5.74) is -0.572. The average molecular weight is 482 g/mol. The monoisotopic (exact) mass is 481 g/mol. The van der Waals surface area contributed by atoms with Gasteiger partial charge >= 0.3 is 6.18 Å². The molecule has 0 aliphatic carbocycles. The number of nitriles is 1. The summed E-state index contributed by atoms with van der Waals surface area (Å²) in [6.07, 6.45) is -4.61. The Labute approximate surface area is 147 Å². The van der Waals surface area contributed by atoms with Gasteiger partial charge in [0, 0.05) is 4.47 Å². The van der Waals surface area contributed by atoms with Gasteiger partial charge in [0.2, 0.25) is 0 Å². The molecule has 0 heterocycles. The molecule has 0 spiro atoms. The van der Waals surface area contributed by atoms with Crippen molar-refractivity contribution in [2.24, 2.45) is 0 Å².